The molecule has 0 fully saturated rings. The minimum Gasteiger partial charge on any atom is -0.490 e. The third-order valence-electron chi connectivity index (χ3n) is 3.39. The van der Waals surface area contributed by atoms with Crippen LogP contribution in [0.5, 0.6) is 5.75 Å². The van der Waals surface area contributed by atoms with Crippen LogP contribution in [-0.2, 0) is 0 Å². The number of hydrogen-bond acceptors (Lipinski definition) is 7. The maximum Gasteiger partial charge on any atom is 0.322 e. The zero-order chi connectivity index (χ0) is 18.7. The van der Waals surface area contributed by atoms with Gasteiger partial charge in [0.15, 0.2) is 5.75 Å². The summed E-state index contributed by atoms with van der Waals surface area (Å²) in [6, 6.07) is 10.5. The summed E-state index contributed by atoms with van der Waals surface area (Å²) in [5.74, 6) is -0.470. The SMILES string of the molecule is COc1ccc(C(=O)Nc2nnc(-c3ccccc3Cl)o2)cc1[N+](=O)[O-]. The van der Waals surface area contributed by atoms with E-state index in [1.807, 2.05) is 0 Å². The van der Waals surface area contributed by atoms with E-state index in [1.165, 1.54) is 19.2 Å². The highest BCUT2D eigenvalue weighted by molar-refractivity contribution is 6.33. The van der Waals surface area contributed by atoms with Crippen molar-refractivity contribution in [3.05, 3.63) is 63.2 Å². The molecule has 0 aliphatic heterocycles. The number of carbonyl (C=O) groups is 1. The van der Waals surface area contributed by atoms with Crippen molar-refractivity contribution >= 4 is 29.2 Å². The Morgan fingerprint density at radius 1 is 1.27 bits per heavy atom. The molecule has 0 atom stereocenters. The number of nitrogens with zero attached hydrogens (tertiary/aromatic N) is 3. The minimum absolute atomic E-state index is 0.0370. The summed E-state index contributed by atoms with van der Waals surface area (Å²) < 4.78 is 10.3. The average Bonchev–Trinajstić information content (AvgIpc) is 3.09. The third kappa shape index (κ3) is 3.47. The summed E-state index contributed by atoms with van der Waals surface area (Å²) in [6.45, 7) is 0. The van der Waals surface area contributed by atoms with E-state index in [9.17, 15) is 14.9 Å². The Hall–Kier alpha value is -3.46. The summed E-state index contributed by atoms with van der Waals surface area (Å²) >= 11 is 6.05. The molecular formula is C16H11ClN4O5. The maximum atomic E-state index is 12.3. The first-order valence-electron chi connectivity index (χ1n) is 7.22. The van der Waals surface area contributed by atoms with Gasteiger partial charge < -0.3 is 9.15 Å². The number of carbonyl (C=O) groups excluding carboxylic acids is 1. The van der Waals surface area contributed by atoms with Gasteiger partial charge in [-0.15, -0.1) is 5.10 Å². The van der Waals surface area contributed by atoms with Crippen LogP contribution >= 0.6 is 11.6 Å². The first-order valence-corrected chi connectivity index (χ1v) is 7.59. The lowest BCUT2D eigenvalue weighted by Gasteiger charge is -2.04. The van der Waals surface area contributed by atoms with Gasteiger partial charge in [-0.25, -0.2) is 0 Å². The zero-order valence-electron chi connectivity index (χ0n) is 13.3. The Morgan fingerprint density at radius 3 is 2.73 bits per heavy atom. The summed E-state index contributed by atoms with van der Waals surface area (Å²) in [7, 11) is 1.30. The van der Waals surface area contributed by atoms with Crippen molar-refractivity contribution in [2.75, 3.05) is 12.4 Å². The van der Waals surface area contributed by atoms with Gasteiger partial charge in [-0.3, -0.25) is 20.2 Å². The fourth-order valence-corrected chi connectivity index (χ4v) is 2.38. The molecule has 0 spiro atoms. The standard InChI is InChI=1S/C16H11ClN4O5/c1-25-13-7-6-9(8-12(13)21(23)24)14(22)18-16-20-19-15(26-16)10-4-2-3-5-11(10)17/h2-8H,1H3,(H,18,20,22). The van der Waals surface area contributed by atoms with E-state index >= 15 is 0 Å². The highest BCUT2D eigenvalue weighted by Crippen LogP contribution is 2.29. The molecule has 0 saturated carbocycles. The number of anilines is 1. The predicted molar refractivity (Wildman–Crippen MR) is 92.3 cm³/mol. The lowest BCUT2D eigenvalue weighted by Crippen LogP contribution is -2.12. The molecule has 1 aromatic heterocycles. The molecule has 26 heavy (non-hydrogen) atoms. The average molecular weight is 375 g/mol. The molecule has 0 radical (unpaired) electrons. The van der Waals surface area contributed by atoms with Crippen molar-refractivity contribution in [3.63, 3.8) is 0 Å². The molecule has 10 heteroatoms. The summed E-state index contributed by atoms with van der Waals surface area (Å²) in [6.07, 6.45) is 0. The number of benzene rings is 2. The van der Waals surface area contributed by atoms with E-state index in [0.717, 1.165) is 6.07 Å². The monoisotopic (exact) mass is 374 g/mol. The minimum atomic E-state index is -0.648. The molecule has 9 nitrogen and oxygen atoms in total. The second kappa shape index (κ2) is 7.19. The van der Waals surface area contributed by atoms with Crippen molar-refractivity contribution in [1.29, 1.82) is 0 Å². The molecule has 0 aliphatic rings. The van der Waals surface area contributed by atoms with Gasteiger partial charge in [-0.2, -0.15) is 0 Å². The molecule has 2 aromatic carbocycles. The van der Waals surface area contributed by atoms with E-state index in [2.05, 4.69) is 15.5 Å². The summed E-state index contributed by atoms with van der Waals surface area (Å²) in [4.78, 5) is 22.7. The number of hydrogen-bond donors (Lipinski definition) is 1. The predicted octanol–water partition coefficient (Wildman–Crippen LogP) is 3.56. The van der Waals surface area contributed by atoms with Crippen LogP contribution < -0.4 is 10.1 Å². The van der Waals surface area contributed by atoms with E-state index in [0.29, 0.717) is 10.6 Å². The molecule has 0 bridgehead atoms. The fraction of sp³-hybridized carbons (Fsp3) is 0.0625. The fourth-order valence-electron chi connectivity index (χ4n) is 2.16. The lowest BCUT2D eigenvalue weighted by atomic mass is 10.2. The van der Waals surface area contributed by atoms with E-state index in [1.54, 1.807) is 24.3 Å². The van der Waals surface area contributed by atoms with Gasteiger partial charge in [0.05, 0.1) is 22.6 Å². The van der Waals surface area contributed by atoms with Crippen molar-refractivity contribution < 1.29 is 18.9 Å². The van der Waals surface area contributed by atoms with Gasteiger partial charge in [0.25, 0.3) is 11.8 Å². The molecule has 0 aliphatic carbocycles. The second-order valence-corrected chi connectivity index (χ2v) is 5.40. The Morgan fingerprint density at radius 2 is 2.04 bits per heavy atom. The molecule has 0 unspecified atom stereocenters. The van der Waals surface area contributed by atoms with Crippen LogP contribution in [0.25, 0.3) is 11.5 Å². The number of amides is 1. The number of rotatable bonds is 5. The van der Waals surface area contributed by atoms with Gasteiger partial charge >= 0.3 is 11.7 Å². The first kappa shape index (κ1) is 17.4. The molecule has 3 rings (SSSR count). The first-order chi connectivity index (χ1) is 12.5. The topological polar surface area (TPSA) is 120 Å². The molecular weight excluding hydrogens is 364 g/mol. The second-order valence-electron chi connectivity index (χ2n) is 4.99. The molecule has 132 valence electrons. The van der Waals surface area contributed by atoms with Crippen LogP contribution in [0.15, 0.2) is 46.9 Å². The van der Waals surface area contributed by atoms with Gasteiger partial charge in [-0.1, -0.05) is 28.8 Å². The van der Waals surface area contributed by atoms with Crippen LogP contribution in [0, 0.1) is 10.1 Å². The van der Waals surface area contributed by atoms with Crippen LogP contribution in [0.2, 0.25) is 5.02 Å². The molecule has 1 heterocycles. The Balaban J connectivity index is 1.82. The highest BCUT2D eigenvalue weighted by Gasteiger charge is 2.20. The van der Waals surface area contributed by atoms with Crippen LogP contribution in [0.3, 0.4) is 0 Å². The lowest BCUT2D eigenvalue weighted by molar-refractivity contribution is -0.385. The summed E-state index contributed by atoms with van der Waals surface area (Å²) in [5.41, 5.74) is 0.222. The smallest absolute Gasteiger partial charge is 0.322 e. The normalized spacial score (nSPS) is 10.4. The van der Waals surface area contributed by atoms with Gasteiger partial charge in [0, 0.05) is 11.6 Å². The number of nitro benzene ring substituents is 1. The van der Waals surface area contributed by atoms with Crippen molar-refractivity contribution in [2.45, 2.75) is 0 Å². The van der Waals surface area contributed by atoms with E-state index in [-0.39, 0.29) is 28.9 Å². The van der Waals surface area contributed by atoms with E-state index in [4.69, 9.17) is 20.8 Å². The van der Waals surface area contributed by atoms with Crippen LogP contribution in [0.4, 0.5) is 11.7 Å². The maximum absolute atomic E-state index is 12.3. The zero-order valence-corrected chi connectivity index (χ0v) is 14.1. The number of halogens is 1. The van der Waals surface area contributed by atoms with Crippen LogP contribution in [0.1, 0.15) is 10.4 Å². The van der Waals surface area contributed by atoms with Gasteiger partial charge in [0.2, 0.25) is 0 Å². The number of ether oxygens (including phenoxy) is 1. The summed E-state index contributed by atoms with van der Waals surface area (Å²) in [5, 5.41) is 21.4. The molecule has 1 N–H and O–H groups in total. The van der Waals surface area contributed by atoms with Crippen molar-refractivity contribution in [2.24, 2.45) is 0 Å². The number of aromatic nitrogens is 2. The largest absolute Gasteiger partial charge is 0.490 e. The van der Waals surface area contributed by atoms with Crippen molar-refractivity contribution in [3.8, 4) is 17.2 Å². The highest BCUT2D eigenvalue weighted by atomic mass is 35.5. The third-order valence-corrected chi connectivity index (χ3v) is 3.72. The Bertz CT molecular complexity index is 988. The van der Waals surface area contributed by atoms with Crippen LogP contribution in [-0.4, -0.2) is 28.1 Å². The molecule has 3 aromatic rings. The molecule has 0 saturated heterocycles. The quantitative estimate of drug-likeness (QED) is 0.535. The Labute approximate surface area is 151 Å². The molecule has 1 amide bonds. The van der Waals surface area contributed by atoms with Gasteiger partial charge in [0.1, 0.15) is 0 Å². The van der Waals surface area contributed by atoms with Crippen molar-refractivity contribution in [1.82, 2.24) is 10.2 Å². The number of methoxy groups -OCH3 is 1. The number of nitro groups is 1. The Kier molecular flexibility index (Phi) is 4.81. The van der Waals surface area contributed by atoms with E-state index < -0.39 is 10.8 Å². The number of nitrogens with one attached hydrogen (secondary N) is 1. The van der Waals surface area contributed by atoms with Gasteiger partial charge in [-0.05, 0) is 24.3 Å².